The lowest BCUT2D eigenvalue weighted by Crippen LogP contribution is -2.35. The summed E-state index contributed by atoms with van der Waals surface area (Å²) in [7, 11) is 0. The molecule has 0 spiro atoms. The van der Waals surface area contributed by atoms with E-state index < -0.39 is 0 Å². The molecule has 3 heteroatoms. The highest BCUT2D eigenvalue weighted by atomic mass is 32.1. The number of hydrogen-bond acceptors (Lipinski definition) is 3. The van der Waals surface area contributed by atoms with E-state index in [0.717, 1.165) is 12.3 Å². The zero-order valence-corrected chi connectivity index (χ0v) is 11.7. The van der Waals surface area contributed by atoms with E-state index in [1.54, 1.807) is 0 Å². The highest BCUT2D eigenvalue weighted by molar-refractivity contribution is 7.12. The molecule has 1 aromatic rings. The molecule has 1 fully saturated rings. The van der Waals surface area contributed by atoms with Gasteiger partial charge in [0.05, 0.1) is 6.04 Å². The monoisotopic (exact) mass is 252 g/mol. The number of hydrogen-bond donors (Lipinski definition) is 2. The average Bonchev–Trinajstić information content (AvgIpc) is 2.79. The van der Waals surface area contributed by atoms with Gasteiger partial charge >= 0.3 is 0 Å². The van der Waals surface area contributed by atoms with Crippen LogP contribution in [0.5, 0.6) is 0 Å². The Morgan fingerprint density at radius 2 is 2.29 bits per heavy atom. The topological polar surface area (TPSA) is 38.0 Å². The first kappa shape index (κ1) is 13.1. The van der Waals surface area contributed by atoms with Gasteiger partial charge in [0.2, 0.25) is 0 Å². The fraction of sp³-hybridized carbons (Fsp3) is 0.714. The molecule has 3 N–H and O–H groups in total. The molecule has 0 amide bonds. The van der Waals surface area contributed by atoms with E-state index in [0.29, 0.717) is 12.0 Å². The van der Waals surface area contributed by atoms with E-state index in [2.05, 4.69) is 31.4 Å². The number of rotatable bonds is 4. The van der Waals surface area contributed by atoms with Gasteiger partial charge in [0.25, 0.3) is 0 Å². The standard InChI is InChI=1S/C14H24N2S/c1-3-12-7-8-13(17-12)14(16-15)11-6-4-5-10(2)9-11/h7-8,10-11,14,16H,3-6,9,15H2,1-2H3. The minimum Gasteiger partial charge on any atom is -0.271 e. The summed E-state index contributed by atoms with van der Waals surface area (Å²) < 4.78 is 0. The molecule has 2 nitrogen and oxygen atoms in total. The minimum absolute atomic E-state index is 0.364. The summed E-state index contributed by atoms with van der Waals surface area (Å²) in [6, 6.07) is 4.87. The SMILES string of the molecule is CCc1ccc(C(NN)C2CCCC(C)C2)s1. The highest BCUT2D eigenvalue weighted by Gasteiger charge is 2.27. The third-order valence-corrected chi connectivity index (χ3v) is 5.28. The summed E-state index contributed by atoms with van der Waals surface area (Å²) in [5.41, 5.74) is 3.06. The lowest BCUT2D eigenvalue weighted by Gasteiger charge is -2.32. The van der Waals surface area contributed by atoms with Gasteiger partial charge in [-0.15, -0.1) is 11.3 Å². The Morgan fingerprint density at radius 1 is 1.47 bits per heavy atom. The maximum atomic E-state index is 5.79. The van der Waals surface area contributed by atoms with Gasteiger partial charge in [-0.2, -0.15) is 0 Å². The van der Waals surface area contributed by atoms with Crippen molar-refractivity contribution < 1.29 is 0 Å². The van der Waals surface area contributed by atoms with Crippen LogP contribution >= 0.6 is 11.3 Å². The first-order valence-corrected chi connectivity index (χ1v) is 7.61. The Bertz CT molecular complexity index is 348. The molecule has 1 heterocycles. The molecular formula is C14H24N2S. The molecule has 3 unspecified atom stereocenters. The molecule has 0 aromatic carbocycles. The summed E-state index contributed by atoms with van der Waals surface area (Å²) in [5.74, 6) is 7.36. The molecule has 17 heavy (non-hydrogen) atoms. The van der Waals surface area contributed by atoms with E-state index in [1.807, 2.05) is 11.3 Å². The number of hydrazine groups is 1. The van der Waals surface area contributed by atoms with Crippen LogP contribution in [0.4, 0.5) is 0 Å². The van der Waals surface area contributed by atoms with Gasteiger partial charge in [0.1, 0.15) is 0 Å². The average molecular weight is 252 g/mol. The van der Waals surface area contributed by atoms with Crippen LogP contribution in [0.15, 0.2) is 12.1 Å². The smallest absolute Gasteiger partial charge is 0.0581 e. The van der Waals surface area contributed by atoms with Crippen molar-refractivity contribution in [3.8, 4) is 0 Å². The molecule has 3 atom stereocenters. The van der Waals surface area contributed by atoms with Gasteiger partial charge in [-0.25, -0.2) is 0 Å². The number of aryl methyl sites for hydroxylation is 1. The van der Waals surface area contributed by atoms with E-state index in [1.165, 1.54) is 35.4 Å². The Balaban J connectivity index is 2.09. The van der Waals surface area contributed by atoms with Gasteiger partial charge in [-0.1, -0.05) is 26.7 Å². The molecule has 1 saturated carbocycles. The van der Waals surface area contributed by atoms with Crippen LogP contribution in [-0.4, -0.2) is 0 Å². The maximum Gasteiger partial charge on any atom is 0.0581 e. The summed E-state index contributed by atoms with van der Waals surface area (Å²) >= 11 is 1.92. The third kappa shape index (κ3) is 3.09. The van der Waals surface area contributed by atoms with Crippen molar-refractivity contribution in [1.82, 2.24) is 5.43 Å². The lowest BCUT2D eigenvalue weighted by molar-refractivity contribution is 0.226. The van der Waals surface area contributed by atoms with Crippen LogP contribution in [0.3, 0.4) is 0 Å². The van der Waals surface area contributed by atoms with Crippen LogP contribution in [-0.2, 0) is 6.42 Å². The Hall–Kier alpha value is -0.380. The molecule has 96 valence electrons. The molecule has 0 bridgehead atoms. The van der Waals surface area contributed by atoms with Crippen LogP contribution in [0.25, 0.3) is 0 Å². The first-order chi connectivity index (χ1) is 8.24. The molecule has 1 aromatic heterocycles. The normalized spacial score (nSPS) is 27.0. The Kier molecular flexibility index (Phi) is 4.60. The quantitative estimate of drug-likeness (QED) is 0.634. The second-order valence-corrected chi connectivity index (χ2v) is 6.53. The largest absolute Gasteiger partial charge is 0.271 e. The van der Waals surface area contributed by atoms with Gasteiger partial charge in [0.15, 0.2) is 0 Å². The summed E-state index contributed by atoms with van der Waals surface area (Å²) in [6.45, 7) is 4.58. The second kappa shape index (κ2) is 5.98. The first-order valence-electron chi connectivity index (χ1n) is 6.79. The van der Waals surface area contributed by atoms with Gasteiger partial charge in [-0.3, -0.25) is 11.3 Å². The van der Waals surface area contributed by atoms with Crippen molar-refractivity contribution in [1.29, 1.82) is 0 Å². The lowest BCUT2D eigenvalue weighted by atomic mass is 9.78. The third-order valence-electron chi connectivity index (χ3n) is 3.97. The van der Waals surface area contributed by atoms with Gasteiger partial charge in [-0.05, 0) is 43.2 Å². The van der Waals surface area contributed by atoms with Crippen molar-refractivity contribution in [2.45, 2.75) is 52.0 Å². The number of nitrogens with one attached hydrogen (secondary N) is 1. The van der Waals surface area contributed by atoms with Crippen molar-refractivity contribution in [2.24, 2.45) is 17.7 Å². The molecule has 2 rings (SSSR count). The maximum absolute atomic E-state index is 5.79. The summed E-state index contributed by atoms with van der Waals surface area (Å²) in [5, 5.41) is 0. The van der Waals surface area contributed by atoms with Crippen molar-refractivity contribution in [3.63, 3.8) is 0 Å². The molecule has 0 radical (unpaired) electrons. The Morgan fingerprint density at radius 3 is 2.88 bits per heavy atom. The van der Waals surface area contributed by atoms with Crippen molar-refractivity contribution in [3.05, 3.63) is 21.9 Å². The molecule has 1 aliphatic rings. The van der Waals surface area contributed by atoms with Gasteiger partial charge < -0.3 is 0 Å². The van der Waals surface area contributed by atoms with Crippen LogP contribution < -0.4 is 11.3 Å². The molecule has 0 saturated heterocycles. The summed E-state index contributed by atoms with van der Waals surface area (Å²) in [6.07, 6.45) is 6.50. The number of nitrogens with two attached hydrogens (primary N) is 1. The van der Waals surface area contributed by atoms with Gasteiger partial charge in [0, 0.05) is 9.75 Å². The van der Waals surface area contributed by atoms with E-state index in [-0.39, 0.29) is 0 Å². The summed E-state index contributed by atoms with van der Waals surface area (Å²) in [4.78, 5) is 2.88. The zero-order valence-electron chi connectivity index (χ0n) is 10.9. The highest BCUT2D eigenvalue weighted by Crippen LogP contribution is 2.38. The van der Waals surface area contributed by atoms with Crippen molar-refractivity contribution >= 4 is 11.3 Å². The molecule has 0 aliphatic heterocycles. The molecule has 1 aliphatic carbocycles. The fourth-order valence-corrected chi connectivity index (χ4v) is 4.09. The van der Waals surface area contributed by atoms with Crippen molar-refractivity contribution in [2.75, 3.05) is 0 Å². The minimum atomic E-state index is 0.364. The van der Waals surface area contributed by atoms with E-state index in [4.69, 9.17) is 5.84 Å². The van der Waals surface area contributed by atoms with E-state index in [9.17, 15) is 0 Å². The fourth-order valence-electron chi connectivity index (χ4n) is 2.99. The van der Waals surface area contributed by atoms with Crippen LogP contribution in [0.2, 0.25) is 0 Å². The van der Waals surface area contributed by atoms with E-state index >= 15 is 0 Å². The number of thiophene rings is 1. The molecular weight excluding hydrogens is 228 g/mol. The Labute approximate surface area is 109 Å². The second-order valence-electron chi connectivity index (χ2n) is 5.33. The van der Waals surface area contributed by atoms with Crippen LogP contribution in [0, 0.1) is 11.8 Å². The predicted octanol–water partition coefficient (Wildman–Crippen LogP) is 3.64. The van der Waals surface area contributed by atoms with Crippen LogP contribution in [0.1, 0.15) is 55.3 Å². The predicted molar refractivity (Wildman–Crippen MR) is 74.9 cm³/mol. The zero-order chi connectivity index (χ0) is 12.3.